The van der Waals surface area contributed by atoms with Crippen LogP contribution in [0.5, 0.6) is 11.5 Å². The number of aromatic nitrogens is 5. The van der Waals surface area contributed by atoms with E-state index in [0.29, 0.717) is 11.6 Å². The molecule has 3 aromatic heterocycles. The Hall–Kier alpha value is -4.66. The monoisotopic (exact) mass is 566 g/mol. The van der Waals surface area contributed by atoms with Gasteiger partial charge in [0.15, 0.2) is 11.5 Å². The molecule has 208 valence electrons. The Kier molecular flexibility index (Phi) is 6.83. The average molecular weight is 566 g/mol. The first-order valence-electron chi connectivity index (χ1n) is 11.4. The van der Waals surface area contributed by atoms with Crippen molar-refractivity contribution in [3.8, 4) is 23.0 Å². The second-order valence-corrected chi connectivity index (χ2v) is 8.41. The number of H-pyrrole nitrogens is 1. The number of aliphatic hydroxyl groups is 1. The van der Waals surface area contributed by atoms with Gasteiger partial charge >= 0.3 is 12.7 Å². The lowest BCUT2D eigenvalue weighted by Gasteiger charge is -2.23. The molecule has 0 unspecified atom stereocenters. The highest BCUT2D eigenvalue weighted by atomic mass is 19.4. The highest BCUT2D eigenvalue weighted by molar-refractivity contribution is 5.81. The third kappa shape index (κ3) is 5.02. The number of halogens is 7. The summed E-state index contributed by atoms with van der Waals surface area (Å²) in [5.41, 5.74) is -1.96. The van der Waals surface area contributed by atoms with Gasteiger partial charge in [0, 0.05) is 31.4 Å². The molecule has 5 aromatic rings. The zero-order valence-electron chi connectivity index (χ0n) is 20.2. The summed E-state index contributed by atoms with van der Waals surface area (Å²) < 4.78 is 103. The van der Waals surface area contributed by atoms with Crippen molar-refractivity contribution in [1.82, 2.24) is 24.5 Å². The van der Waals surface area contributed by atoms with Crippen LogP contribution >= 0.6 is 0 Å². The number of aryl methyl sites for hydroxylation is 1. The number of anilines is 2. The summed E-state index contributed by atoms with van der Waals surface area (Å²) >= 11 is 0. The molecular formula is C25H17F7N6O2. The van der Waals surface area contributed by atoms with Crippen LogP contribution in [0, 0.1) is 11.6 Å². The number of aliphatic hydroxyl groups excluding tert-OH is 1. The van der Waals surface area contributed by atoms with Gasteiger partial charge in [-0.2, -0.15) is 22.0 Å². The van der Waals surface area contributed by atoms with Crippen molar-refractivity contribution >= 4 is 22.7 Å². The molecular weight excluding hydrogens is 549 g/mol. The maximum Gasteiger partial charge on any atom is 0.435 e. The molecule has 0 spiro atoms. The predicted octanol–water partition coefficient (Wildman–Crippen LogP) is 6.30. The molecule has 0 aliphatic heterocycles. The molecule has 15 heteroatoms. The first-order chi connectivity index (χ1) is 19.0. The summed E-state index contributed by atoms with van der Waals surface area (Å²) in [5.74, 6) is -2.27. The van der Waals surface area contributed by atoms with Crippen LogP contribution in [0.15, 0.2) is 54.7 Å². The first kappa shape index (κ1) is 26.9. The van der Waals surface area contributed by atoms with Crippen molar-refractivity contribution in [2.45, 2.75) is 19.3 Å². The summed E-state index contributed by atoms with van der Waals surface area (Å²) in [7, 11) is 1.42. The van der Waals surface area contributed by atoms with E-state index in [1.807, 2.05) is 0 Å². The minimum absolute atomic E-state index is 0.00593. The topological polar surface area (TPSA) is 92.1 Å². The Morgan fingerprint density at radius 1 is 1.02 bits per heavy atom. The lowest BCUT2D eigenvalue weighted by molar-refractivity contribution is -0.142. The molecule has 5 rings (SSSR count). The van der Waals surface area contributed by atoms with Crippen LogP contribution < -0.4 is 9.64 Å². The van der Waals surface area contributed by atoms with E-state index in [2.05, 4.69) is 19.9 Å². The van der Waals surface area contributed by atoms with Gasteiger partial charge in [-0.3, -0.25) is 9.88 Å². The van der Waals surface area contributed by atoms with Crippen molar-refractivity contribution in [3.05, 3.63) is 77.8 Å². The molecule has 0 bridgehead atoms. The summed E-state index contributed by atoms with van der Waals surface area (Å²) in [6.07, 6.45) is -3.53. The van der Waals surface area contributed by atoms with Crippen molar-refractivity contribution < 1.29 is 40.6 Å². The van der Waals surface area contributed by atoms with Gasteiger partial charge in [-0.1, -0.05) is 0 Å². The molecule has 0 amide bonds. The van der Waals surface area contributed by atoms with E-state index >= 15 is 0 Å². The third-order valence-corrected chi connectivity index (χ3v) is 5.82. The molecule has 0 saturated heterocycles. The third-order valence-electron chi connectivity index (χ3n) is 5.82. The van der Waals surface area contributed by atoms with Gasteiger partial charge in [0.2, 0.25) is 5.95 Å². The Labute approximate surface area is 220 Å². The maximum atomic E-state index is 14.3. The lowest BCUT2D eigenvalue weighted by Crippen LogP contribution is -2.27. The fourth-order valence-electron chi connectivity index (χ4n) is 4.04. The number of nitrogens with one attached hydrogen (secondary N) is 1. The fourth-order valence-corrected chi connectivity index (χ4v) is 4.04. The molecule has 0 aliphatic carbocycles. The van der Waals surface area contributed by atoms with Crippen molar-refractivity contribution in [1.29, 1.82) is 0 Å². The molecule has 8 nitrogen and oxygen atoms in total. The average Bonchev–Trinajstić information content (AvgIpc) is 3.48. The van der Waals surface area contributed by atoms with Crippen molar-refractivity contribution in [2.75, 3.05) is 4.90 Å². The number of imidazole rings is 2. The van der Waals surface area contributed by atoms with Gasteiger partial charge in [0.05, 0.1) is 29.0 Å². The number of pyridine rings is 1. The highest BCUT2D eigenvalue weighted by Crippen LogP contribution is 2.36. The Morgan fingerprint density at radius 3 is 2.45 bits per heavy atom. The Balaban J connectivity index is 1.47. The summed E-state index contributed by atoms with van der Waals surface area (Å²) in [5, 5.41) is 9.25. The fraction of sp³-hybridized carbons (Fsp3) is 0.160. The van der Waals surface area contributed by atoms with E-state index in [-0.39, 0.29) is 39.4 Å². The van der Waals surface area contributed by atoms with Gasteiger partial charge in [0.25, 0.3) is 0 Å². The standard InChI is InChI=1S/C25H17F7N6O2/c1-37-19-5-3-13(9-16(19)35-24(37)38(23(28)29)20-8-12(26)2-4-15(20)27)40-14-6-7-33-17(10-14)22-34-18(11-39)21(36-22)25(30,31)32/h2-10,23,39H,11H2,1H3,(H,34,36). The molecule has 2 N–H and O–H groups in total. The normalized spacial score (nSPS) is 11.9. The highest BCUT2D eigenvalue weighted by Gasteiger charge is 2.37. The second kappa shape index (κ2) is 10.1. The quantitative estimate of drug-likeness (QED) is 0.178. The molecule has 0 saturated carbocycles. The minimum atomic E-state index is -4.79. The van der Waals surface area contributed by atoms with Crippen molar-refractivity contribution in [3.63, 3.8) is 0 Å². The number of alkyl halides is 5. The number of aromatic amines is 1. The number of rotatable bonds is 7. The van der Waals surface area contributed by atoms with E-state index in [4.69, 9.17) is 4.74 Å². The van der Waals surface area contributed by atoms with Crippen LogP contribution in [-0.2, 0) is 19.8 Å². The van der Waals surface area contributed by atoms with Gasteiger partial charge in [0.1, 0.15) is 28.8 Å². The van der Waals surface area contributed by atoms with Gasteiger partial charge in [-0.05, 0) is 30.3 Å². The smallest absolute Gasteiger partial charge is 0.435 e. The predicted molar refractivity (Wildman–Crippen MR) is 128 cm³/mol. The van der Waals surface area contributed by atoms with Crippen LogP contribution in [0.1, 0.15) is 11.4 Å². The Morgan fingerprint density at radius 2 is 1.77 bits per heavy atom. The van der Waals surface area contributed by atoms with Crippen molar-refractivity contribution in [2.24, 2.45) is 7.05 Å². The molecule has 0 aliphatic rings. The number of hydrogen-bond acceptors (Lipinski definition) is 6. The lowest BCUT2D eigenvalue weighted by atomic mass is 10.3. The molecule has 0 radical (unpaired) electrons. The summed E-state index contributed by atoms with van der Waals surface area (Å²) in [4.78, 5) is 14.3. The number of fused-ring (bicyclic) bond motifs is 1. The van der Waals surface area contributed by atoms with E-state index in [1.165, 1.54) is 48.1 Å². The zero-order chi connectivity index (χ0) is 28.8. The van der Waals surface area contributed by atoms with Crippen LogP contribution in [0.4, 0.5) is 42.4 Å². The number of ether oxygens (including phenoxy) is 1. The van der Waals surface area contributed by atoms with Gasteiger partial charge in [-0.25, -0.2) is 18.7 Å². The van der Waals surface area contributed by atoms with Crippen LogP contribution in [0.25, 0.3) is 22.6 Å². The molecule has 0 atom stereocenters. The molecule has 2 aromatic carbocycles. The number of benzene rings is 2. The Bertz CT molecular complexity index is 1700. The second-order valence-electron chi connectivity index (χ2n) is 8.41. The SMILES string of the molecule is Cn1c(N(c2cc(F)ccc2F)C(F)F)nc2cc(Oc3ccnc(-c4nc(C(F)(F)F)c(CO)[nH]4)c3)ccc21. The van der Waals surface area contributed by atoms with E-state index in [9.17, 15) is 35.8 Å². The van der Waals surface area contributed by atoms with Gasteiger partial charge < -0.3 is 19.4 Å². The molecule has 3 heterocycles. The maximum absolute atomic E-state index is 14.3. The van der Waals surface area contributed by atoms with Crippen LogP contribution in [0.3, 0.4) is 0 Å². The summed E-state index contributed by atoms with van der Waals surface area (Å²) in [6, 6.07) is 9.29. The first-order valence-corrected chi connectivity index (χ1v) is 11.4. The summed E-state index contributed by atoms with van der Waals surface area (Å²) in [6.45, 7) is -4.18. The minimum Gasteiger partial charge on any atom is -0.457 e. The molecule has 0 fully saturated rings. The van der Waals surface area contributed by atoms with Crippen LogP contribution in [0.2, 0.25) is 0 Å². The largest absolute Gasteiger partial charge is 0.457 e. The van der Waals surface area contributed by atoms with Crippen LogP contribution in [-0.4, -0.2) is 36.2 Å². The van der Waals surface area contributed by atoms with E-state index in [0.717, 1.165) is 12.1 Å². The molecule has 40 heavy (non-hydrogen) atoms. The van der Waals surface area contributed by atoms with E-state index in [1.54, 1.807) is 0 Å². The van der Waals surface area contributed by atoms with Gasteiger partial charge in [-0.15, -0.1) is 0 Å². The number of hydrogen-bond donors (Lipinski definition) is 2. The number of nitrogens with zero attached hydrogens (tertiary/aromatic N) is 5. The van der Waals surface area contributed by atoms with E-state index < -0.39 is 48.0 Å². The zero-order valence-corrected chi connectivity index (χ0v) is 20.2.